The molecule has 0 amide bonds. The molecule has 2 aromatic rings. The van der Waals surface area contributed by atoms with Crippen LogP contribution in [0.3, 0.4) is 0 Å². The monoisotopic (exact) mass is 306 g/mol. The maximum absolute atomic E-state index is 5.34. The van der Waals surface area contributed by atoms with Crippen LogP contribution in [0.4, 0.5) is 0 Å². The van der Waals surface area contributed by atoms with Gasteiger partial charge in [0.2, 0.25) is 0 Å². The van der Waals surface area contributed by atoms with Crippen LogP contribution in [0.5, 0.6) is 0 Å². The van der Waals surface area contributed by atoms with Crippen molar-refractivity contribution in [1.82, 2.24) is 0 Å². The molecule has 0 fully saturated rings. The van der Waals surface area contributed by atoms with Crippen molar-refractivity contribution in [2.24, 2.45) is 0 Å². The van der Waals surface area contributed by atoms with Crippen molar-refractivity contribution in [1.29, 1.82) is 0 Å². The molecule has 0 saturated carbocycles. The van der Waals surface area contributed by atoms with Gasteiger partial charge in [0, 0.05) is 24.0 Å². The molecule has 0 aliphatic carbocycles. The van der Waals surface area contributed by atoms with E-state index in [-0.39, 0.29) is 0 Å². The van der Waals surface area contributed by atoms with Crippen LogP contribution in [0, 0.1) is 48.4 Å². The largest absolute Gasteiger partial charge is 0.120 e. The average Bonchev–Trinajstić information content (AvgIpc) is 2.63. The Kier molecular flexibility index (Phi) is 6.85. The van der Waals surface area contributed by atoms with Crippen molar-refractivity contribution in [3.63, 3.8) is 0 Å². The molecule has 2 aromatic carbocycles. The van der Waals surface area contributed by atoms with Crippen LogP contribution in [-0.2, 0) is 12.8 Å². The van der Waals surface area contributed by atoms with Crippen LogP contribution >= 0.6 is 0 Å². The predicted octanol–water partition coefficient (Wildman–Crippen LogP) is 4.22. The molecule has 0 nitrogen and oxygen atoms in total. The first-order chi connectivity index (χ1) is 11.8. The van der Waals surface area contributed by atoms with Crippen LogP contribution in [0.25, 0.3) is 0 Å². The van der Waals surface area contributed by atoms with Gasteiger partial charge in [-0.2, -0.15) is 0 Å². The quantitative estimate of drug-likeness (QED) is 0.742. The topological polar surface area (TPSA) is 0 Å². The summed E-state index contributed by atoms with van der Waals surface area (Å²) in [5.74, 6) is 17.5. The van der Waals surface area contributed by atoms with Crippen molar-refractivity contribution in [3.05, 3.63) is 70.8 Å². The zero-order valence-electron chi connectivity index (χ0n) is 13.6. The Morgan fingerprint density at radius 1 is 0.625 bits per heavy atom. The first-order valence-electron chi connectivity index (χ1n) is 7.90. The Morgan fingerprint density at radius 3 is 1.46 bits per heavy atom. The minimum Gasteiger partial charge on any atom is -0.120 e. The van der Waals surface area contributed by atoms with E-state index >= 15 is 0 Å². The first-order valence-corrected chi connectivity index (χ1v) is 7.90. The Morgan fingerprint density at radius 2 is 1.04 bits per heavy atom. The molecule has 0 aromatic heterocycles. The lowest BCUT2D eigenvalue weighted by Gasteiger charge is -2.01. The van der Waals surface area contributed by atoms with Crippen molar-refractivity contribution in [2.45, 2.75) is 25.7 Å². The Balaban J connectivity index is 2.17. The second-order valence-corrected chi connectivity index (χ2v) is 5.22. The van der Waals surface area contributed by atoms with Gasteiger partial charge in [0.25, 0.3) is 0 Å². The van der Waals surface area contributed by atoms with Crippen LogP contribution < -0.4 is 0 Å². The van der Waals surface area contributed by atoms with Gasteiger partial charge in [-0.05, 0) is 47.9 Å². The SMILES string of the molecule is C#CCCc1ccccc1C#CC#Cc1ccccc1CCC#C. The van der Waals surface area contributed by atoms with Gasteiger partial charge >= 0.3 is 0 Å². The molecule has 0 aliphatic rings. The second kappa shape index (κ2) is 9.65. The molecule has 24 heavy (non-hydrogen) atoms. The van der Waals surface area contributed by atoms with Gasteiger partial charge in [-0.15, -0.1) is 24.7 Å². The molecule has 0 saturated heterocycles. The zero-order chi connectivity index (χ0) is 17.0. The summed E-state index contributed by atoms with van der Waals surface area (Å²) < 4.78 is 0. The molecule has 0 heterocycles. The highest BCUT2D eigenvalue weighted by Gasteiger charge is 1.98. The molecule has 0 unspecified atom stereocenters. The summed E-state index contributed by atoms with van der Waals surface area (Å²) in [7, 11) is 0. The maximum Gasteiger partial charge on any atom is 0.0287 e. The molecular weight excluding hydrogens is 288 g/mol. The third kappa shape index (κ3) is 5.15. The lowest BCUT2D eigenvalue weighted by molar-refractivity contribution is 1.02. The van der Waals surface area contributed by atoms with Gasteiger partial charge in [-0.25, -0.2) is 0 Å². The van der Waals surface area contributed by atoms with Crippen LogP contribution in [0.1, 0.15) is 35.1 Å². The number of terminal acetylenes is 2. The highest BCUT2D eigenvalue weighted by molar-refractivity contribution is 5.49. The fourth-order valence-electron chi connectivity index (χ4n) is 2.33. The summed E-state index contributed by atoms with van der Waals surface area (Å²) >= 11 is 0. The van der Waals surface area contributed by atoms with E-state index in [0.717, 1.165) is 24.0 Å². The number of hydrogen-bond acceptors (Lipinski definition) is 0. The highest BCUT2D eigenvalue weighted by atomic mass is 14.0. The van der Waals surface area contributed by atoms with Gasteiger partial charge in [-0.1, -0.05) is 48.2 Å². The summed E-state index contributed by atoms with van der Waals surface area (Å²) in [4.78, 5) is 0. The van der Waals surface area contributed by atoms with E-state index in [2.05, 4.69) is 47.7 Å². The van der Waals surface area contributed by atoms with E-state index in [1.807, 2.05) is 36.4 Å². The van der Waals surface area contributed by atoms with E-state index in [1.165, 1.54) is 11.1 Å². The van der Waals surface area contributed by atoms with Crippen LogP contribution in [0.2, 0.25) is 0 Å². The molecule has 114 valence electrons. The normalized spacial score (nSPS) is 8.75. The zero-order valence-corrected chi connectivity index (χ0v) is 13.6. The Hall–Kier alpha value is -3.32. The smallest absolute Gasteiger partial charge is 0.0287 e. The Bertz CT molecular complexity index is 816. The number of benzene rings is 2. The van der Waals surface area contributed by atoms with Gasteiger partial charge in [0.1, 0.15) is 0 Å². The van der Waals surface area contributed by atoms with Gasteiger partial charge in [-0.3, -0.25) is 0 Å². The van der Waals surface area contributed by atoms with E-state index in [9.17, 15) is 0 Å². The number of hydrogen-bond donors (Lipinski definition) is 0. The summed E-state index contributed by atoms with van der Waals surface area (Å²) in [5.41, 5.74) is 4.31. The minimum absolute atomic E-state index is 0.715. The fraction of sp³-hybridized carbons (Fsp3) is 0.167. The molecule has 0 bridgehead atoms. The third-order valence-corrected chi connectivity index (χ3v) is 3.57. The van der Waals surface area contributed by atoms with Crippen molar-refractivity contribution in [3.8, 4) is 48.4 Å². The minimum atomic E-state index is 0.715. The van der Waals surface area contributed by atoms with Gasteiger partial charge in [0.05, 0.1) is 0 Å². The number of aryl methyl sites for hydroxylation is 2. The first kappa shape index (κ1) is 17.0. The van der Waals surface area contributed by atoms with Crippen LogP contribution in [0.15, 0.2) is 48.5 Å². The van der Waals surface area contributed by atoms with E-state index in [1.54, 1.807) is 0 Å². The molecule has 0 N–H and O–H groups in total. The van der Waals surface area contributed by atoms with Gasteiger partial charge in [0.15, 0.2) is 0 Å². The lowest BCUT2D eigenvalue weighted by Crippen LogP contribution is -1.89. The van der Waals surface area contributed by atoms with E-state index < -0.39 is 0 Å². The fourth-order valence-corrected chi connectivity index (χ4v) is 2.33. The third-order valence-electron chi connectivity index (χ3n) is 3.57. The highest BCUT2D eigenvalue weighted by Crippen LogP contribution is 2.10. The molecule has 0 aliphatic heterocycles. The van der Waals surface area contributed by atoms with E-state index in [0.29, 0.717) is 12.8 Å². The second-order valence-electron chi connectivity index (χ2n) is 5.22. The molecule has 0 radical (unpaired) electrons. The van der Waals surface area contributed by atoms with Crippen molar-refractivity contribution in [2.75, 3.05) is 0 Å². The Labute approximate surface area is 145 Å². The molecule has 0 spiro atoms. The predicted molar refractivity (Wildman–Crippen MR) is 101 cm³/mol. The van der Waals surface area contributed by atoms with Gasteiger partial charge < -0.3 is 0 Å². The standard InChI is InChI=1S/C24H18/c1-3-5-13-21-15-7-9-17-23(21)19-11-12-20-24-18-10-8-16-22(24)14-6-4-2/h1-2,7-10,15-18H,5-6,13-14H2. The van der Waals surface area contributed by atoms with Crippen LogP contribution in [-0.4, -0.2) is 0 Å². The summed E-state index contributed by atoms with van der Waals surface area (Å²) in [6, 6.07) is 16.1. The summed E-state index contributed by atoms with van der Waals surface area (Å²) in [5, 5.41) is 0. The maximum atomic E-state index is 5.34. The molecule has 0 atom stereocenters. The molecular formula is C24H18. The summed E-state index contributed by atoms with van der Waals surface area (Å²) in [6.07, 6.45) is 13.8. The molecule has 0 heteroatoms. The number of rotatable bonds is 4. The van der Waals surface area contributed by atoms with E-state index in [4.69, 9.17) is 12.8 Å². The molecule has 2 rings (SSSR count). The van der Waals surface area contributed by atoms with Crippen molar-refractivity contribution >= 4 is 0 Å². The van der Waals surface area contributed by atoms with Crippen molar-refractivity contribution < 1.29 is 0 Å². The summed E-state index contributed by atoms with van der Waals surface area (Å²) in [6.45, 7) is 0. The lowest BCUT2D eigenvalue weighted by atomic mass is 10.0. The average molecular weight is 306 g/mol.